The Labute approximate surface area is 148 Å². The van der Waals surface area contributed by atoms with Crippen LogP contribution in [0.5, 0.6) is 0 Å². The van der Waals surface area contributed by atoms with Gasteiger partial charge in [0.05, 0.1) is 4.90 Å². The van der Waals surface area contributed by atoms with Crippen molar-refractivity contribution in [2.24, 2.45) is 0 Å². The van der Waals surface area contributed by atoms with Crippen LogP contribution in [0.4, 0.5) is 0 Å². The molecule has 0 radical (unpaired) electrons. The van der Waals surface area contributed by atoms with Crippen molar-refractivity contribution < 1.29 is 13.2 Å². The summed E-state index contributed by atoms with van der Waals surface area (Å²) in [5.74, 6) is 1.22. The predicted molar refractivity (Wildman–Crippen MR) is 95.3 cm³/mol. The molecular weight excluding hydrogens is 338 g/mol. The summed E-state index contributed by atoms with van der Waals surface area (Å²) in [6.45, 7) is 4.31. The van der Waals surface area contributed by atoms with E-state index in [1.54, 1.807) is 12.1 Å². The highest BCUT2D eigenvalue weighted by Gasteiger charge is 2.27. The van der Waals surface area contributed by atoms with E-state index >= 15 is 0 Å². The Kier molecular flexibility index (Phi) is 4.94. The van der Waals surface area contributed by atoms with Gasteiger partial charge < -0.3 is 9.47 Å². The highest BCUT2D eigenvalue weighted by atomic mass is 32.2. The molecule has 0 spiro atoms. The van der Waals surface area contributed by atoms with E-state index in [0.717, 1.165) is 38.0 Å². The van der Waals surface area contributed by atoms with E-state index in [2.05, 4.69) is 16.5 Å². The summed E-state index contributed by atoms with van der Waals surface area (Å²) in [5, 5.41) is 0. The topological polar surface area (TPSA) is 72.3 Å². The number of likely N-dealkylation sites (tertiary alicyclic amines) is 1. The van der Waals surface area contributed by atoms with Crippen molar-refractivity contribution in [3.63, 3.8) is 0 Å². The molecule has 0 N–H and O–H groups in total. The number of nitrogens with zero attached hydrogens (tertiary/aromatic N) is 3. The largest absolute Gasteiger partial charge is 0.338 e. The van der Waals surface area contributed by atoms with Gasteiger partial charge >= 0.3 is 0 Å². The minimum Gasteiger partial charge on any atom is -0.338 e. The van der Waals surface area contributed by atoms with Gasteiger partial charge in [-0.1, -0.05) is 0 Å². The molecule has 1 aliphatic rings. The zero-order chi connectivity index (χ0) is 18.0. The van der Waals surface area contributed by atoms with E-state index in [1.807, 2.05) is 17.3 Å². The van der Waals surface area contributed by atoms with E-state index in [9.17, 15) is 13.2 Å². The van der Waals surface area contributed by atoms with E-state index in [-0.39, 0.29) is 16.7 Å². The van der Waals surface area contributed by atoms with Gasteiger partial charge in [0.1, 0.15) is 5.82 Å². The molecule has 1 saturated heterocycles. The molecule has 1 aliphatic heterocycles. The van der Waals surface area contributed by atoms with Gasteiger partial charge in [-0.15, -0.1) is 0 Å². The molecule has 134 valence electrons. The molecule has 0 aliphatic carbocycles. The molecular formula is C18H23N3O3S. The van der Waals surface area contributed by atoms with Gasteiger partial charge in [0.25, 0.3) is 5.91 Å². The highest BCUT2D eigenvalue weighted by molar-refractivity contribution is 7.90. The predicted octanol–water partition coefficient (Wildman–Crippen LogP) is 2.33. The molecule has 3 rings (SSSR count). The van der Waals surface area contributed by atoms with Crippen LogP contribution in [0.25, 0.3) is 0 Å². The van der Waals surface area contributed by atoms with Crippen LogP contribution in [-0.2, 0) is 16.4 Å². The second kappa shape index (κ2) is 7.00. The molecule has 25 heavy (non-hydrogen) atoms. The Hall–Kier alpha value is -2.15. The number of carbonyl (C=O) groups excluding carboxylic acids is 1. The van der Waals surface area contributed by atoms with E-state index in [0.29, 0.717) is 12.1 Å². The van der Waals surface area contributed by atoms with Gasteiger partial charge in [-0.2, -0.15) is 0 Å². The van der Waals surface area contributed by atoms with Crippen molar-refractivity contribution in [1.82, 2.24) is 14.5 Å². The Morgan fingerprint density at radius 3 is 2.64 bits per heavy atom. The number of aromatic nitrogens is 2. The number of carbonyl (C=O) groups is 1. The lowest BCUT2D eigenvalue weighted by atomic mass is 9.96. The summed E-state index contributed by atoms with van der Waals surface area (Å²) in [4.78, 5) is 19.3. The highest BCUT2D eigenvalue weighted by Crippen LogP contribution is 2.27. The van der Waals surface area contributed by atoms with Gasteiger partial charge in [-0.05, 0) is 44.0 Å². The zero-order valence-electron chi connectivity index (χ0n) is 14.6. The first kappa shape index (κ1) is 17.7. The monoisotopic (exact) mass is 361 g/mol. The molecule has 1 aromatic carbocycles. The van der Waals surface area contributed by atoms with Crippen LogP contribution in [0.1, 0.15) is 41.9 Å². The Balaban J connectivity index is 1.76. The number of amides is 1. The molecule has 2 aromatic rings. The van der Waals surface area contributed by atoms with E-state index in [1.165, 1.54) is 12.1 Å². The Morgan fingerprint density at radius 2 is 2.00 bits per heavy atom. The van der Waals surface area contributed by atoms with Crippen LogP contribution in [0, 0.1) is 0 Å². The van der Waals surface area contributed by atoms with Crippen LogP contribution in [0.15, 0.2) is 41.6 Å². The van der Waals surface area contributed by atoms with Crippen LogP contribution in [0.2, 0.25) is 0 Å². The average Bonchev–Trinajstić information content (AvgIpc) is 3.09. The van der Waals surface area contributed by atoms with Crippen LogP contribution in [0.3, 0.4) is 0 Å². The first-order valence-electron chi connectivity index (χ1n) is 8.50. The Morgan fingerprint density at radius 1 is 1.28 bits per heavy atom. The standard InChI is InChI=1S/C18H23N3O3S/c1-3-20-12-10-19-17(20)15-5-4-11-21(13-15)18(22)14-6-8-16(9-7-14)25(2,23)24/h6-10,12,15H,3-5,11,13H2,1-2H3. The first-order chi connectivity index (χ1) is 11.9. The van der Waals surface area contributed by atoms with Crippen molar-refractivity contribution in [2.75, 3.05) is 19.3 Å². The summed E-state index contributed by atoms with van der Waals surface area (Å²) < 4.78 is 25.2. The van der Waals surface area contributed by atoms with E-state index < -0.39 is 9.84 Å². The molecule has 1 aromatic heterocycles. The smallest absolute Gasteiger partial charge is 0.253 e. The molecule has 0 saturated carbocycles. The van der Waals surface area contributed by atoms with Crippen molar-refractivity contribution in [1.29, 1.82) is 0 Å². The molecule has 1 atom stereocenters. The number of hydrogen-bond donors (Lipinski definition) is 0. The second-order valence-electron chi connectivity index (χ2n) is 6.46. The summed E-state index contributed by atoms with van der Waals surface area (Å²) in [5.41, 5.74) is 0.520. The lowest BCUT2D eigenvalue weighted by Gasteiger charge is -2.32. The van der Waals surface area contributed by atoms with Crippen LogP contribution < -0.4 is 0 Å². The number of benzene rings is 1. The number of rotatable bonds is 4. The third-order valence-corrected chi connectivity index (χ3v) is 5.82. The second-order valence-corrected chi connectivity index (χ2v) is 8.47. The normalized spacial score (nSPS) is 18.3. The molecule has 0 bridgehead atoms. The minimum atomic E-state index is -3.25. The number of hydrogen-bond acceptors (Lipinski definition) is 4. The van der Waals surface area contributed by atoms with Gasteiger partial charge in [0.2, 0.25) is 0 Å². The molecule has 1 amide bonds. The van der Waals surface area contributed by atoms with Crippen molar-refractivity contribution in [3.8, 4) is 0 Å². The molecule has 1 fully saturated rings. The average molecular weight is 361 g/mol. The SMILES string of the molecule is CCn1ccnc1C1CCCN(C(=O)c2ccc(S(C)(=O)=O)cc2)C1. The summed E-state index contributed by atoms with van der Waals surface area (Å²) in [7, 11) is -3.25. The fraction of sp³-hybridized carbons (Fsp3) is 0.444. The van der Waals surface area contributed by atoms with Gasteiger partial charge in [0, 0.05) is 49.8 Å². The fourth-order valence-electron chi connectivity index (χ4n) is 3.35. The zero-order valence-corrected chi connectivity index (χ0v) is 15.4. The van der Waals surface area contributed by atoms with Crippen molar-refractivity contribution in [3.05, 3.63) is 48.0 Å². The lowest BCUT2D eigenvalue weighted by Crippen LogP contribution is -2.39. The summed E-state index contributed by atoms with van der Waals surface area (Å²) in [6, 6.07) is 6.17. The molecule has 1 unspecified atom stereocenters. The molecule has 2 heterocycles. The summed E-state index contributed by atoms with van der Waals surface area (Å²) >= 11 is 0. The molecule has 6 nitrogen and oxygen atoms in total. The molecule has 7 heteroatoms. The van der Waals surface area contributed by atoms with Gasteiger partial charge in [0.15, 0.2) is 9.84 Å². The van der Waals surface area contributed by atoms with Crippen molar-refractivity contribution >= 4 is 15.7 Å². The number of imidazole rings is 1. The van der Waals surface area contributed by atoms with Crippen LogP contribution in [-0.4, -0.2) is 48.1 Å². The van der Waals surface area contributed by atoms with Gasteiger partial charge in [-0.3, -0.25) is 4.79 Å². The number of sulfone groups is 1. The minimum absolute atomic E-state index is 0.0562. The van der Waals surface area contributed by atoms with Gasteiger partial charge in [-0.25, -0.2) is 13.4 Å². The maximum atomic E-state index is 12.8. The van der Waals surface area contributed by atoms with Crippen molar-refractivity contribution in [2.45, 2.75) is 37.1 Å². The summed E-state index contributed by atoms with van der Waals surface area (Å²) in [6.07, 6.45) is 6.90. The fourth-order valence-corrected chi connectivity index (χ4v) is 3.98. The lowest BCUT2D eigenvalue weighted by molar-refractivity contribution is 0.0703. The Bertz CT molecular complexity index is 856. The maximum Gasteiger partial charge on any atom is 0.253 e. The van der Waals surface area contributed by atoms with E-state index in [4.69, 9.17) is 0 Å². The maximum absolute atomic E-state index is 12.8. The number of piperidine rings is 1. The number of aryl methyl sites for hydroxylation is 1. The quantitative estimate of drug-likeness (QED) is 0.838. The third kappa shape index (κ3) is 3.76. The third-order valence-electron chi connectivity index (χ3n) is 4.69. The first-order valence-corrected chi connectivity index (χ1v) is 10.4. The van der Waals surface area contributed by atoms with Crippen LogP contribution >= 0.6 is 0 Å².